The minimum Gasteiger partial charge on any atom is -0.493 e. The first-order chi connectivity index (χ1) is 10.2. The van der Waals surface area contributed by atoms with Crippen LogP contribution in [-0.4, -0.2) is 51.2 Å². The maximum absolute atomic E-state index is 12.1. The summed E-state index contributed by atoms with van der Waals surface area (Å²) in [5, 5.41) is 3.02. The van der Waals surface area contributed by atoms with Gasteiger partial charge in [0.15, 0.2) is 11.5 Å². The molecule has 5 nitrogen and oxygen atoms in total. The van der Waals surface area contributed by atoms with Crippen LogP contribution in [0.5, 0.6) is 11.5 Å². The number of ether oxygens (including phenoxy) is 2. The first-order valence-electron chi connectivity index (χ1n) is 7.34. The zero-order valence-corrected chi connectivity index (χ0v) is 13.0. The van der Waals surface area contributed by atoms with Crippen molar-refractivity contribution in [3.8, 4) is 11.5 Å². The summed E-state index contributed by atoms with van der Waals surface area (Å²) in [6, 6.07) is 5.87. The molecule has 1 aliphatic rings. The van der Waals surface area contributed by atoms with E-state index >= 15 is 0 Å². The molecule has 0 bridgehead atoms. The number of hydrogen-bond acceptors (Lipinski definition) is 4. The predicted molar refractivity (Wildman–Crippen MR) is 81.9 cm³/mol. The highest BCUT2D eigenvalue weighted by molar-refractivity contribution is 5.81. The van der Waals surface area contributed by atoms with Crippen LogP contribution in [-0.2, 0) is 11.2 Å². The lowest BCUT2D eigenvalue weighted by Gasteiger charge is -2.18. The fourth-order valence-corrected chi connectivity index (χ4v) is 2.73. The Kier molecular flexibility index (Phi) is 5.44. The highest BCUT2D eigenvalue weighted by Gasteiger charge is 2.27. The van der Waals surface area contributed by atoms with Crippen molar-refractivity contribution in [3.05, 3.63) is 23.8 Å². The monoisotopic (exact) mass is 292 g/mol. The Hall–Kier alpha value is -1.75. The van der Waals surface area contributed by atoms with E-state index in [0.717, 1.165) is 42.9 Å². The SMILES string of the molecule is COc1ccc(CCNC(=O)[C@@H]2CCCN2C)cc1OC. The summed E-state index contributed by atoms with van der Waals surface area (Å²) in [6.45, 7) is 1.65. The van der Waals surface area contributed by atoms with E-state index in [1.54, 1.807) is 14.2 Å². The Balaban J connectivity index is 1.84. The van der Waals surface area contributed by atoms with E-state index in [1.807, 2.05) is 25.2 Å². The van der Waals surface area contributed by atoms with E-state index in [4.69, 9.17) is 9.47 Å². The molecule has 1 amide bonds. The van der Waals surface area contributed by atoms with Gasteiger partial charge in [-0.05, 0) is 50.6 Å². The molecule has 1 fully saturated rings. The van der Waals surface area contributed by atoms with Crippen LogP contribution in [0, 0.1) is 0 Å². The summed E-state index contributed by atoms with van der Waals surface area (Å²) >= 11 is 0. The molecule has 21 heavy (non-hydrogen) atoms. The van der Waals surface area contributed by atoms with Crippen molar-refractivity contribution in [1.29, 1.82) is 0 Å². The van der Waals surface area contributed by atoms with Crippen molar-refractivity contribution < 1.29 is 14.3 Å². The summed E-state index contributed by atoms with van der Waals surface area (Å²) < 4.78 is 10.5. The van der Waals surface area contributed by atoms with Gasteiger partial charge in [0.25, 0.3) is 0 Å². The van der Waals surface area contributed by atoms with Crippen LogP contribution < -0.4 is 14.8 Å². The third-order valence-electron chi connectivity index (χ3n) is 3.98. The Morgan fingerprint density at radius 1 is 1.33 bits per heavy atom. The molecule has 0 unspecified atom stereocenters. The van der Waals surface area contributed by atoms with Gasteiger partial charge in [0.1, 0.15) is 0 Å². The molecule has 0 aliphatic carbocycles. The lowest BCUT2D eigenvalue weighted by atomic mass is 10.1. The molecular formula is C16H24N2O3. The normalized spacial score (nSPS) is 18.5. The average molecular weight is 292 g/mol. The van der Waals surface area contributed by atoms with Crippen LogP contribution in [0.15, 0.2) is 18.2 Å². The number of benzene rings is 1. The zero-order chi connectivity index (χ0) is 15.2. The number of amides is 1. The lowest BCUT2D eigenvalue weighted by molar-refractivity contribution is -0.125. The van der Waals surface area contributed by atoms with Gasteiger partial charge in [0.05, 0.1) is 20.3 Å². The van der Waals surface area contributed by atoms with Gasteiger partial charge in [-0.15, -0.1) is 0 Å². The van der Waals surface area contributed by atoms with Crippen LogP contribution in [0.2, 0.25) is 0 Å². The van der Waals surface area contributed by atoms with Crippen molar-refractivity contribution in [2.75, 3.05) is 34.4 Å². The van der Waals surface area contributed by atoms with Gasteiger partial charge in [-0.3, -0.25) is 9.69 Å². The Morgan fingerprint density at radius 3 is 2.71 bits per heavy atom. The van der Waals surface area contributed by atoms with Crippen LogP contribution in [0.1, 0.15) is 18.4 Å². The summed E-state index contributed by atoms with van der Waals surface area (Å²) in [6.07, 6.45) is 2.84. The van der Waals surface area contributed by atoms with E-state index in [0.29, 0.717) is 6.54 Å². The average Bonchev–Trinajstić information content (AvgIpc) is 2.93. The first-order valence-corrected chi connectivity index (χ1v) is 7.34. The largest absolute Gasteiger partial charge is 0.493 e. The molecule has 2 rings (SSSR count). The number of carbonyl (C=O) groups excluding carboxylic acids is 1. The van der Waals surface area contributed by atoms with E-state index in [-0.39, 0.29) is 11.9 Å². The molecule has 0 radical (unpaired) electrons. The highest BCUT2D eigenvalue weighted by Crippen LogP contribution is 2.27. The van der Waals surface area contributed by atoms with Crippen molar-refractivity contribution >= 4 is 5.91 Å². The van der Waals surface area contributed by atoms with E-state index < -0.39 is 0 Å². The standard InChI is InChI=1S/C16H24N2O3/c1-18-10-4-5-13(18)16(19)17-9-8-12-6-7-14(20-2)15(11-12)21-3/h6-7,11,13H,4-5,8-10H2,1-3H3,(H,17,19)/t13-/m0/s1. The Bertz CT molecular complexity index is 490. The van der Waals surface area contributed by atoms with Gasteiger partial charge < -0.3 is 14.8 Å². The summed E-state index contributed by atoms with van der Waals surface area (Å²) in [7, 11) is 5.25. The summed E-state index contributed by atoms with van der Waals surface area (Å²) in [5.41, 5.74) is 1.12. The smallest absolute Gasteiger partial charge is 0.237 e. The van der Waals surface area contributed by atoms with Gasteiger partial charge in [-0.25, -0.2) is 0 Å². The van der Waals surface area contributed by atoms with Crippen LogP contribution >= 0.6 is 0 Å². The summed E-state index contributed by atoms with van der Waals surface area (Å²) in [4.78, 5) is 14.2. The maximum Gasteiger partial charge on any atom is 0.237 e. The number of carbonyl (C=O) groups is 1. The van der Waals surface area contributed by atoms with Crippen molar-refractivity contribution in [3.63, 3.8) is 0 Å². The molecule has 1 saturated heterocycles. The fourth-order valence-electron chi connectivity index (χ4n) is 2.73. The molecular weight excluding hydrogens is 268 g/mol. The Morgan fingerprint density at radius 2 is 2.10 bits per heavy atom. The molecule has 1 aliphatic heterocycles. The van der Waals surface area contributed by atoms with Crippen molar-refractivity contribution in [1.82, 2.24) is 10.2 Å². The van der Waals surface area contributed by atoms with Gasteiger partial charge in [-0.1, -0.05) is 6.07 Å². The van der Waals surface area contributed by atoms with Crippen LogP contribution in [0.25, 0.3) is 0 Å². The molecule has 0 saturated carbocycles. The minimum absolute atomic E-state index is 0.0374. The van der Waals surface area contributed by atoms with Gasteiger partial charge in [-0.2, -0.15) is 0 Å². The Labute approximate surface area is 126 Å². The molecule has 5 heteroatoms. The topological polar surface area (TPSA) is 50.8 Å². The highest BCUT2D eigenvalue weighted by atomic mass is 16.5. The molecule has 116 valence electrons. The second-order valence-electron chi connectivity index (χ2n) is 5.37. The van der Waals surface area contributed by atoms with E-state index in [1.165, 1.54) is 0 Å². The lowest BCUT2D eigenvalue weighted by Crippen LogP contribution is -2.42. The second kappa shape index (κ2) is 7.31. The molecule has 1 aromatic rings. The molecule has 0 aromatic heterocycles. The van der Waals surface area contributed by atoms with Gasteiger partial charge in [0.2, 0.25) is 5.91 Å². The number of hydrogen-bond donors (Lipinski definition) is 1. The first kappa shape index (κ1) is 15.6. The van der Waals surface area contributed by atoms with E-state index in [2.05, 4.69) is 10.2 Å². The molecule has 1 N–H and O–H groups in total. The number of nitrogens with zero attached hydrogens (tertiary/aromatic N) is 1. The molecule has 1 aromatic carbocycles. The maximum atomic E-state index is 12.1. The van der Waals surface area contributed by atoms with Crippen molar-refractivity contribution in [2.45, 2.75) is 25.3 Å². The van der Waals surface area contributed by atoms with Crippen molar-refractivity contribution in [2.24, 2.45) is 0 Å². The second-order valence-corrected chi connectivity index (χ2v) is 5.37. The fraction of sp³-hybridized carbons (Fsp3) is 0.562. The summed E-state index contributed by atoms with van der Waals surface area (Å²) in [5.74, 6) is 1.57. The molecule has 1 heterocycles. The number of methoxy groups -OCH3 is 2. The van der Waals surface area contributed by atoms with Gasteiger partial charge >= 0.3 is 0 Å². The molecule has 0 spiro atoms. The third kappa shape index (κ3) is 3.88. The molecule has 1 atom stereocenters. The zero-order valence-electron chi connectivity index (χ0n) is 13.0. The van der Waals surface area contributed by atoms with Gasteiger partial charge in [0, 0.05) is 6.54 Å². The third-order valence-corrected chi connectivity index (χ3v) is 3.98. The number of likely N-dealkylation sites (tertiary alicyclic amines) is 1. The number of rotatable bonds is 6. The quantitative estimate of drug-likeness (QED) is 0.862. The van der Waals surface area contributed by atoms with Crippen LogP contribution in [0.4, 0.5) is 0 Å². The predicted octanol–water partition coefficient (Wildman–Crippen LogP) is 1.46. The number of likely N-dealkylation sites (N-methyl/N-ethyl adjacent to an activating group) is 1. The van der Waals surface area contributed by atoms with E-state index in [9.17, 15) is 4.79 Å². The number of nitrogens with one attached hydrogen (secondary N) is 1. The van der Waals surface area contributed by atoms with Crippen LogP contribution in [0.3, 0.4) is 0 Å². The minimum atomic E-state index is 0.0374.